The summed E-state index contributed by atoms with van der Waals surface area (Å²) in [7, 11) is 0. The Bertz CT molecular complexity index is 2420. The van der Waals surface area contributed by atoms with Crippen LogP contribution in [-0.4, -0.2) is 40.7 Å². The van der Waals surface area contributed by atoms with Gasteiger partial charge < -0.3 is 0 Å². The summed E-state index contributed by atoms with van der Waals surface area (Å²) in [5, 5.41) is 0. The Morgan fingerprint density at radius 1 is 0.236 bits per heavy atom. The van der Waals surface area contributed by atoms with E-state index in [0.717, 1.165) is 63.5 Å². The van der Waals surface area contributed by atoms with Crippen LogP contribution >= 0.6 is 35.3 Å². The molecule has 0 saturated carbocycles. The first kappa shape index (κ1) is 31.0. The Balaban J connectivity index is 1.10. The van der Waals surface area contributed by atoms with Crippen molar-refractivity contribution in [2.45, 2.75) is 29.4 Å². The molecule has 260 valence electrons. The highest BCUT2D eigenvalue weighted by molar-refractivity contribution is 8.00. The van der Waals surface area contributed by atoms with Crippen molar-refractivity contribution in [3.8, 4) is 0 Å². The predicted molar refractivity (Wildman–Crippen MR) is 224 cm³/mol. The Hall–Kier alpha value is -6.41. The molecule has 6 aliphatic rings. The molecule has 6 heterocycles. The van der Waals surface area contributed by atoms with E-state index in [4.69, 9.17) is 30.0 Å². The molecule has 0 unspecified atom stereocenters. The van der Waals surface area contributed by atoms with Crippen molar-refractivity contribution in [3.63, 3.8) is 0 Å². The van der Waals surface area contributed by atoms with E-state index in [-0.39, 0.29) is 0 Å². The minimum atomic E-state index is 0.378. The lowest BCUT2D eigenvalue weighted by molar-refractivity contribution is 0.819. The number of hydrogen-bond donors (Lipinski definition) is 0. The molecule has 0 spiro atoms. The summed E-state index contributed by atoms with van der Waals surface area (Å²) in [6.07, 6.45) is 0. The van der Waals surface area contributed by atoms with Gasteiger partial charge in [-0.15, -0.1) is 0 Å². The van der Waals surface area contributed by atoms with E-state index in [2.05, 4.69) is 124 Å². The molecule has 6 aliphatic heterocycles. The van der Waals surface area contributed by atoms with Crippen LogP contribution in [0.25, 0.3) is 0 Å². The monoisotopic (exact) mass is 764 g/mol. The quantitative estimate of drug-likeness (QED) is 0.152. The van der Waals surface area contributed by atoms with Gasteiger partial charge in [0.15, 0.2) is 0 Å². The molecule has 10 nitrogen and oxygen atoms in total. The summed E-state index contributed by atoms with van der Waals surface area (Å²) in [5.74, 6) is 2.47. The van der Waals surface area contributed by atoms with E-state index >= 15 is 0 Å². The number of nitrogens with zero attached hydrogens (tertiary/aromatic N) is 10. The highest BCUT2D eigenvalue weighted by Crippen LogP contribution is 2.51. The lowest BCUT2D eigenvalue weighted by Crippen LogP contribution is -2.52. The average Bonchev–Trinajstić information content (AvgIpc) is 3.23. The van der Waals surface area contributed by atoms with Gasteiger partial charge in [0.05, 0.1) is 34.1 Å². The third kappa shape index (κ3) is 4.80. The number of para-hydroxylation sites is 6. The zero-order chi connectivity index (χ0) is 36.0. The Labute approximate surface area is 328 Å². The molecule has 0 bridgehead atoms. The minimum absolute atomic E-state index is 0.378. The summed E-state index contributed by atoms with van der Waals surface area (Å²) in [4.78, 5) is 46.0. The largest absolute Gasteiger partial charge is 0.277 e. The standard InChI is InChI=1S/C42H24N10S3/c1-7-19-31-25(13-1)49(26-14-2-8-20-32(26)53-31)37-43-40-45-38(50-27-15-3-9-21-33(27)54-34-22-10-4-16-28(34)50)47-42-48-39(46-41(44-37)52(40)42)51-29-17-5-11-23-35(29)55-36-24-12-6-18-30(36)51/h1-24H. The maximum absolute atomic E-state index is 5.22. The number of guanidine groups is 6. The molecule has 12 rings (SSSR count). The van der Waals surface area contributed by atoms with Crippen molar-refractivity contribution in [1.82, 2.24) is 4.90 Å². The number of benzene rings is 6. The van der Waals surface area contributed by atoms with Crippen molar-refractivity contribution < 1.29 is 0 Å². The van der Waals surface area contributed by atoms with Gasteiger partial charge in [-0.3, -0.25) is 14.7 Å². The van der Waals surface area contributed by atoms with Crippen LogP contribution in [0.15, 0.2) is 205 Å². The Kier molecular flexibility index (Phi) is 6.79. The number of aliphatic imine (C=N–C) groups is 6. The highest BCUT2D eigenvalue weighted by atomic mass is 32.2. The molecule has 6 aromatic rings. The van der Waals surface area contributed by atoms with Gasteiger partial charge in [0.1, 0.15) is 0 Å². The fraction of sp³-hybridized carbons (Fsp3) is 0. The molecule has 0 aromatic heterocycles. The molecule has 0 fully saturated rings. The molecule has 6 aromatic carbocycles. The highest BCUT2D eigenvalue weighted by Gasteiger charge is 2.41. The second-order valence-electron chi connectivity index (χ2n) is 12.9. The SMILES string of the molecule is c1ccc2c(c1)Sc1ccccc1N2C1=NC2=NC(N3c4ccccc4Sc4ccccc43)=NC3=NC(N4c5ccccc5Sc5ccccc54)=NC(=N1)N23. The first-order valence-corrected chi connectivity index (χ1v) is 20.0. The second-order valence-corrected chi connectivity index (χ2v) is 16.2. The summed E-state index contributed by atoms with van der Waals surface area (Å²) >= 11 is 5.20. The van der Waals surface area contributed by atoms with Crippen LogP contribution < -0.4 is 14.7 Å². The van der Waals surface area contributed by atoms with Crippen LogP contribution in [0, 0.1) is 0 Å². The van der Waals surface area contributed by atoms with Crippen LogP contribution in [0.4, 0.5) is 34.1 Å². The smallest absolute Gasteiger partial charge is 0.246 e. The lowest BCUT2D eigenvalue weighted by atomic mass is 10.2. The van der Waals surface area contributed by atoms with Crippen LogP contribution in [0.3, 0.4) is 0 Å². The minimum Gasteiger partial charge on any atom is -0.277 e. The molecule has 0 saturated heterocycles. The fourth-order valence-electron chi connectivity index (χ4n) is 7.32. The molecule has 0 aliphatic carbocycles. The summed E-state index contributed by atoms with van der Waals surface area (Å²) in [6, 6.07) is 50.0. The number of fused-ring (bicyclic) bond motifs is 6. The fourth-order valence-corrected chi connectivity index (χ4v) is 10.5. The first-order valence-electron chi connectivity index (χ1n) is 17.6. The van der Waals surface area contributed by atoms with Crippen LogP contribution in [0.5, 0.6) is 0 Å². The predicted octanol–water partition coefficient (Wildman–Crippen LogP) is 10.4. The van der Waals surface area contributed by atoms with Crippen LogP contribution in [0.1, 0.15) is 0 Å². The van der Waals surface area contributed by atoms with Gasteiger partial charge >= 0.3 is 0 Å². The third-order valence-corrected chi connectivity index (χ3v) is 13.1. The second kappa shape index (κ2) is 12.0. The molecular formula is C42H24N10S3. The van der Waals surface area contributed by atoms with E-state index in [0.29, 0.717) is 35.8 Å². The van der Waals surface area contributed by atoms with Gasteiger partial charge in [-0.05, 0) is 72.8 Å². The van der Waals surface area contributed by atoms with Crippen molar-refractivity contribution >= 4 is 105 Å². The molecule has 55 heavy (non-hydrogen) atoms. The zero-order valence-electron chi connectivity index (χ0n) is 28.6. The molecule has 0 radical (unpaired) electrons. The third-order valence-electron chi connectivity index (χ3n) is 9.70. The van der Waals surface area contributed by atoms with Crippen molar-refractivity contribution in [2.24, 2.45) is 30.0 Å². The van der Waals surface area contributed by atoms with Gasteiger partial charge in [-0.1, -0.05) is 108 Å². The maximum atomic E-state index is 5.22. The van der Waals surface area contributed by atoms with Crippen molar-refractivity contribution in [1.29, 1.82) is 0 Å². The lowest BCUT2D eigenvalue weighted by Gasteiger charge is -2.38. The van der Waals surface area contributed by atoms with E-state index in [1.54, 1.807) is 40.2 Å². The van der Waals surface area contributed by atoms with E-state index in [9.17, 15) is 0 Å². The summed E-state index contributed by atoms with van der Waals surface area (Å²) in [6.45, 7) is 0. The van der Waals surface area contributed by atoms with Gasteiger partial charge in [0.25, 0.3) is 0 Å². The van der Waals surface area contributed by atoms with Crippen molar-refractivity contribution in [3.05, 3.63) is 146 Å². The van der Waals surface area contributed by atoms with E-state index < -0.39 is 0 Å². The summed E-state index contributed by atoms with van der Waals surface area (Å²) < 4.78 is 0. The van der Waals surface area contributed by atoms with Gasteiger partial charge in [0.2, 0.25) is 35.8 Å². The topological polar surface area (TPSA) is 87.1 Å². The maximum Gasteiger partial charge on any atom is 0.246 e. The van der Waals surface area contributed by atoms with Gasteiger partial charge in [-0.25, -0.2) is 4.90 Å². The average molecular weight is 765 g/mol. The number of hydrogen-bond acceptors (Lipinski definition) is 13. The van der Waals surface area contributed by atoms with Gasteiger partial charge in [-0.2, -0.15) is 30.0 Å². The van der Waals surface area contributed by atoms with Crippen LogP contribution in [0.2, 0.25) is 0 Å². The Morgan fingerprint density at radius 2 is 0.418 bits per heavy atom. The van der Waals surface area contributed by atoms with Gasteiger partial charge in [0, 0.05) is 29.4 Å². The van der Waals surface area contributed by atoms with E-state index in [1.165, 1.54) is 0 Å². The Morgan fingerprint density at radius 3 is 0.636 bits per heavy atom. The van der Waals surface area contributed by atoms with Crippen LogP contribution in [-0.2, 0) is 0 Å². The molecule has 0 N–H and O–H groups in total. The summed E-state index contributed by atoms with van der Waals surface area (Å²) in [5.41, 5.74) is 5.88. The molecule has 0 atom stereocenters. The first-order chi connectivity index (χ1) is 27.2. The molecular weight excluding hydrogens is 741 g/mol. The zero-order valence-corrected chi connectivity index (χ0v) is 31.0. The number of rotatable bonds is 0. The molecule has 0 amide bonds. The van der Waals surface area contributed by atoms with Crippen molar-refractivity contribution in [2.75, 3.05) is 14.7 Å². The molecule has 13 heteroatoms. The number of anilines is 6. The normalized spacial score (nSPS) is 17.0. The van der Waals surface area contributed by atoms with E-state index in [1.807, 2.05) is 36.4 Å².